The van der Waals surface area contributed by atoms with Crippen LogP contribution in [-0.4, -0.2) is 10.8 Å². The predicted molar refractivity (Wildman–Crippen MR) is 72.9 cm³/mol. The molecule has 3 rings (SSSR count). The van der Waals surface area contributed by atoms with E-state index < -0.39 is 6.26 Å². The van der Waals surface area contributed by atoms with Crippen molar-refractivity contribution in [2.24, 2.45) is 0 Å². The highest BCUT2D eigenvalue weighted by Crippen LogP contribution is 2.20. The summed E-state index contributed by atoms with van der Waals surface area (Å²) in [5.41, 5.74) is 2.63. The Morgan fingerprint density at radius 1 is 1.06 bits per heavy atom. The predicted octanol–water partition coefficient (Wildman–Crippen LogP) is 3.50. The van der Waals surface area contributed by atoms with Crippen molar-refractivity contribution in [1.82, 2.24) is 4.57 Å². The van der Waals surface area contributed by atoms with Gasteiger partial charge in [-0.3, -0.25) is 4.79 Å². The number of carbonyl (C=O) groups is 1. The summed E-state index contributed by atoms with van der Waals surface area (Å²) >= 11 is 0. The Hall–Kier alpha value is -2.35. The van der Waals surface area contributed by atoms with Gasteiger partial charge in [0.25, 0.3) is 0 Å². The third-order valence-electron chi connectivity index (χ3n) is 3.09. The highest BCUT2D eigenvalue weighted by molar-refractivity contribution is 5.97. The molecule has 0 N–H and O–H groups in total. The molecule has 2 heteroatoms. The minimum atomic E-state index is -0.636. The van der Waals surface area contributed by atoms with Gasteiger partial charge >= 0.3 is 0 Å². The van der Waals surface area contributed by atoms with Crippen LogP contribution in [0.15, 0.2) is 60.8 Å². The molecule has 3 aromatic rings. The Labute approximate surface area is 107 Å². The molecule has 1 heterocycles. The van der Waals surface area contributed by atoms with Gasteiger partial charge < -0.3 is 4.57 Å². The minimum Gasteiger partial charge on any atom is -0.342 e. The van der Waals surface area contributed by atoms with E-state index in [2.05, 4.69) is 12.1 Å². The van der Waals surface area contributed by atoms with Gasteiger partial charge in [-0.1, -0.05) is 48.5 Å². The summed E-state index contributed by atoms with van der Waals surface area (Å²) in [7, 11) is 0. The summed E-state index contributed by atoms with van der Waals surface area (Å²) in [4.78, 5) is 11.4. The molecule has 0 bridgehead atoms. The molecule has 88 valence electrons. The second-order valence-electron chi connectivity index (χ2n) is 4.28. The van der Waals surface area contributed by atoms with Crippen molar-refractivity contribution < 1.29 is 6.17 Å². The second kappa shape index (κ2) is 4.49. The van der Waals surface area contributed by atoms with Crippen LogP contribution in [0.5, 0.6) is 0 Å². The zero-order valence-corrected chi connectivity index (χ0v) is 9.84. The van der Waals surface area contributed by atoms with Crippen molar-refractivity contribution in [1.29, 1.82) is 0 Å². The molecule has 0 amide bonds. The van der Waals surface area contributed by atoms with Crippen molar-refractivity contribution >= 4 is 17.2 Å². The quantitative estimate of drug-likeness (QED) is 0.638. The molecular formula is C16H13NO. The number of aromatic nitrogens is 1. The van der Waals surface area contributed by atoms with Crippen molar-refractivity contribution in [2.75, 3.05) is 0 Å². The van der Waals surface area contributed by atoms with Gasteiger partial charge in [0.05, 0.1) is 0 Å². The number of hydrogen-bond donors (Lipinski definition) is 0. The molecule has 2 nitrogen and oxygen atoms in total. The molecule has 0 aliphatic heterocycles. The molecular weight excluding hydrogens is 222 g/mol. The third kappa shape index (κ3) is 1.82. The van der Waals surface area contributed by atoms with Gasteiger partial charge in [0.1, 0.15) is 1.37 Å². The van der Waals surface area contributed by atoms with E-state index in [4.69, 9.17) is 1.37 Å². The van der Waals surface area contributed by atoms with Crippen molar-refractivity contribution in [3.8, 4) is 0 Å². The number of hydrogen-bond acceptors (Lipinski definition) is 1. The molecule has 0 unspecified atom stereocenters. The summed E-state index contributed by atoms with van der Waals surface area (Å²) in [6.45, 7) is 0.703. The molecule has 0 fully saturated rings. The maximum Gasteiger partial charge on any atom is 0.152 e. The smallest absolute Gasteiger partial charge is 0.152 e. The lowest BCUT2D eigenvalue weighted by atomic mass is 10.2. The van der Waals surface area contributed by atoms with E-state index in [0.717, 1.165) is 10.9 Å². The Kier molecular flexibility index (Phi) is 2.41. The summed E-state index contributed by atoms with van der Waals surface area (Å²) < 4.78 is 9.36. The molecule has 1 aromatic heterocycles. The van der Waals surface area contributed by atoms with E-state index >= 15 is 0 Å². The van der Waals surface area contributed by atoms with Crippen LogP contribution in [0.4, 0.5) is 0 Å². The van der Waals surface area contributed by atoms with Crippen LogP contribution in [-0.2, 0) is 6.54 Å². The largest absolute Gasteiger partial charge is 0.342 e. The number of nitrogens with zero attached hydrogens (tertiary/aromatic N) is 1. The fourth-order valence-electron chi connectivity index (χ4n) is 2.24. The van der Waals surface area contributed by atoms with Crippen LogP contribution in [0.25, 0.3) is 10.9 Å². The Morgan fingerprint density at radius 3 is 2.56 bits per heavy atom. The van der Waals surface area contributed by atoms with E-state index in [1.807, 2.05) is 47.0 Å². The summed E-state index contributed by atoms with van der Waals surface area (Å²) in [5, 5.41) is 0.846. The van der Waals surface area contributed by atoms with Crippen LogP contribution in [0.3, 0.4) is 0 Å². The standard InChI is InChI=1S/C16H13NO/c18-12-14-11-17(10-13-6-2-1-3-7-13)16-9-5-4-8-15(14)16/h1-9,11-12H,10H2/i12D. The first kappa shape index (κ1) is 9.66. The number of fused-ring (bicyclic) bond motifs is 1. The highest BCUT2D eigenvalue weighted by atomic mass is 16.1. The molecule has 2 aromatic carbocycles. The molecule has 0 radical (unpaired) electrons. The fourth-order valence-corrected chi connectivity index (χ4v) is 2.24. The third-order valence-corrected chi connectivity index (χ3v) is 3.09. The fraction of sp³-hybridized carbons (Fsp3) is 0.0625. The van der Waals surface area contributed by atoms with E-state index in [1.54, 1.807) is 6.20 Å². The van der Waals surface area contributed by atoms with Gasteiger partial charge in [0.2, 0.25) is 0 Å². The minimum absolute atomic E-state index is 0.464. The topological polar surface area (TPSA) is 22.0 Å². The van der Waals surface area contributed by atoms with E-state index in [0.29, 0.717) is 12.1 Å². The monoisotopic (exact) mass is 236 g/mol. The van der Waals surface area contributed by atoms with E-state index in [1.165, 1.54) is 5.56 Å². The van der Waals surface area contributed by atoms with E-state index in [-0.39, 0.29) is 0 Å². The van der Waals surface area contributed by atoms with Crippen LogP contribution < -0.4 is 0 Å². The van der Waals surface area contributed by atoms with Gasteiger partial charge in [-0.2, -0.15) is 0 Å². The molecule has 0 aliphatic carbocycles. The van der Waals surface area contributed by atoms with Crippen LogP contribution in [0.2, 0.25) is 0 Å². The first-order valence-corrected chi connectivity index (χ1v) is 5.88. The lowest BCUT2D eigenvalue weighted by molar-refractivity contribution is 0.112. The van der Waals surface area contributed by atoms with Crippen LogP contribution in [0.1, 0.15) is 17.3 Å². The first-order valence-electron chi connectivity index (χ1n) is 6.38. The Morgan fingerprint density at radius 2 is 1.78 bits per heavy atom. The number of benzene rings is 2. The zero-order valence-electron chi connectivity index (χ0n) is 10.8. The van der Waals surface area contributed by atoms with Gasteiger partial charge in [-0.05, 0) is 11.6 Å². The van der Waals surface area contributed by atoms with Crippen LogP contribution >= 0.6 is 0 Å². The highest BCUT2D eigenvalue weighted by Gasteiger charge is 2.07. The molecule has 18 heavy (non-hydrogen) atoms. The molecule has 0 aliphatic rings. The lowest BCUT2D eigenvalue weighted by Crippen LogP contribution is -1.97. The van der Waals surface area contributed by atoms with Crippen molar-refractivity contribution in [3.05, 3.63) is 71.9 Å². The lowest BCUT2D eigenvalue weighted by Gasteiger charge is -2.05. The van der Waals surface area contributed by atoms with Gasteiger partial charge in [-0.15, -0.1) is 0 Å². The van der Waals surface area contributed by atoms with Gasteiger partial charge in [0.15, 0.2) is 6.26 Å². The molecule has 0 atom stereocenters. The van der Waals surface area contributed by atoms with E-state index in [9.17, 15) is 4.79 Å². The molecule has 0 saturated carbocycles. The van der Waals surface area contributed by atoms with Crippen molar-refractivity contribution in [3.63, 3.8) is 0 Å². The number of carbonyl (C=O) groups excluding carboxylic acids is 1. The summed E-state index contributed by atoms with van der Waals surface area (Å²) in [5.74, 6) is 0. The van der Waals surface area contributed by atoms with Crippen molar-refractivity contribution in [2.45, 2.75) is 6.54 Å². The summed E-state index contributed by atoms with van der Waals surface area (Å²) in [6, 6.07) is 17.8. The average molecular weight is 236 g/mol. The summed E-state index contributed by atoms with van der Waals surface area (Å²) in [6.07, 6.45) is 1.13. The van der Waals surface area contributed by atoms with Gasteiger partial charge in [-0.25, -0.2) is 0 Å². The second-order valence-corrected chi connectivity index (χ2v) is 4.28. The molecule has 0 saturated heterocycles. The Bertz CT molecular complexity index is 731. The Balaban J connectivity index is 2.11. The average Bonchev–Trinajstić information content (AvgIpc) is 2.79. The number of aldehydes is 1. The maximum absolute atomic E-state index is 11.4. The normalized spacial score (nSPS) is 11.4. The first-order chi connectivity index (χ1) is 9.25. The zero-order chi connectivity index (χ0) is 13.2. The van der Waals surface area contributed by atoms with Gasteiger partial charge in [0, 0.05) is 29.2 Å². The SMILES string of the molecule is [2H]C(=O)c1cn(Cc2ccccc2)c2ccccc12. The number of rotatable bonds is 3. The molecule has 0 spiro atoms. The maximum atomic E-state index is 11.4. The van der Waals surface area contributed by atoms with Crippen LogP contribution in [0, 0.1) is 0 Å². The number of para-hydroxylation sites is 1.